The van der Waals surface area contributed by atoms with E-state index in [-0.39, 0.29) is 12.1 Å². The van der Waals surface area contributed by atoms with Gasteiger partial charge in [-0.3, -0.25) is 9.58 Å². The van der Waals surface area contributed by atoms with E-state index >= 15 is 0 Å². The lowest BCUT2D eigenvalue weighted by atomic mass is 10.0. The molecule has 0 spiro atoms. The Morgan fingerprint density at radius 2 is 1.93 bits per heavy atom. The van der Waals surface area contributed by atoms with Crippen molar-refractivity contribution in [3.05, 3.63) is 65.5 Å². The number of nitrogens with one attached hydrogen (secondary N) is 2. The van der Waals surface area contributed by atoms with Crippen molar-refractivity contribution < 1.29 is 9.13 Å². The first-order valence-electron chi connectivity index (χ1n) is 15.3. The minimum absolute atomic E-state index is 0.0504. The number of nitrogens with zero attached hydrogens (tertiary/aromatic N) is 8. The number of ether oxygens (including phenoxy) is 1. The van der Waals surface area contributed by atoms with Crippen LogP contribution in [-0.2, 0) is 13.6 Å². The summed E-state index contributed by atoms with van der Waals surface area (Å²) in [6.45, 7) is 8.07. The standard InChI is InChI=1S/C32H37FN10O/c1-20-15-35-31(37-27-14-21(2)41(3)40-27)38-28(20)25-16-34-29-22(8-7-9-24(25)29)18-42-13-10-23(19-42)44-32-36-17-26(33)30(39-32)43-11-5-4-6-12-43/h7-9,14-17,23,34H,4-6,10-13,18-19H2,1-3H3,(H,35,37,38,40). The first-order valence-corrected chi connectivity index (χ1v) is 15.3. The highest BCUT2D eigenvalue weighted by atomic mass is 19.1. The van der Waals surface area contributed by atoms with Gasteiger partial charge < -0.3 is 19.9 Å². The molecule has 11 nitrogen and oxygen atoms in total. The third kappa shape index (κ3) is 5.69. The molecular weight excluding hydrogens is 559 g/mol. The summed E-state index contributed by atoms with van der Waals surface area (Å²) in [5, 5.41) is 8.81. The highest BCUT2D eigenvalue weighted by molar-refractivity contribution is 5.97. The zero-order valence-electron chi connectivity index (χ0n) is 25.3. The molecular formula is C32H37FN10O. The van der Waals surface area contributed by atoms with Crippen molar-refractivity contribution in [3.63, 3.8) is 0 Å². The molecule has 5 aromatic rings. The van der Waals surface area contributed by atoms with Gasteiger partial charge in [0.15, 0.2) is 17.5 Å². The van der Waals surface area contributed by atoms with Crippen LogP contribution in [0.15, 0.2) is 42.9 Å². The average Bonchev–Trinajstić information content (AvgIpc) is 3.74. The van der Waals surface area contributed by atoms with Crippen molar-refractivity contribution in [3.8, 4) is 17.3 Å². The lowest BCUT2D eigenvalue weighted by Crippen LogP contribution is -2.31. The monoisotopic (exact) mass is 596 g/mol. The molecule has 0 saturated carbocycles. The smallest absolute Gasteiger partial charge is 0.318 e. The molecule has 0 amide bonds. The number of likely N-dealkylation sites (tertiary alicyclic amines) is 1. The van der Waals surface area contributed by atoms with E-state index in [0.29, 0.717) is 17.6 Å². The number of anilines is 3. The predicted molar refractivity (Wildman–Crippen MR) is 168 cm³/mol. The van der Waals surface area contributed by atoms with Gasteiger partial charge in [0, 0.05) is 74.9 Å². The number of piperidine rings is 1. The molecule has 0 bridgehead atoms. The maximum Gasteiger partial charge on any atom is 0.318 e. The number of fused-ring (bicyclic) bond motifs is 1. The number of aryl methyl sites for hydroxylation is 3. The minimum atomic E-state index is -0.390. The second-order valence-corrected chi connectivity index (χ2v) is 11.8. The number of rotatable bonds is 8. The van der Waals surface area contributed by atoms with Gasteiger partial charge in [0.2, 0.25) is 5.95 Å². The SMILES string of the molecule is Cc1cnc(Nc2cc(C)n(C)n2)nc1-c1c[nH]c2c(CN3CCC(Oc4ncc(F)c(N5CCCCC5)n4)C3)cccc12. The molecule has 7 rings (SSSR count). The van der Waals surface area contributed by atoms with Crippen LogP contribution in [-0.4, -0.2) is 71.9 Å². The van der Waals surface area contributed by atoms with Crippen LogP contribution in [0.1, 0.15) is 42.5 Å². The van der Waals surface area contributed by atoms with Crippen molar-refractivity contribution in [1.82, 2.24) is 39.6 Å². The Morgan fingerprint density at radius 1 is 1.07 bits per heavy atom. The van der Waals surface area contributed by atoms with Crippen LogP contribution in [0.4, 0.5) is 22.0 Å². The number of benzene rings is 1. The molecule has 4 aromatic heterocycles. The van der Waals surface area contributed by atoms with Gasteiger partial charge in [-0.15, -0.1) is 0 Å². The topological polar surface area (TPSA) is 113 Å². The first kappa shape index (κ1) is 28.2. The van der Waals surface area contributed by atoms with Crippen molar-refractivity contribution in [2.24, 2.45) is 7.05 Å². The average molecular weight is 597 g/mol. The third-order valence-electron chi connectivity index (χ3n) is 8.64. The quantitative estimate of drug-likeness (QED) is 0.247. The van der Waals surface area contributed by atoms with Crippen LogP contribution in [0.5, 0.6) is 6.01 Å². The maximum atomic E-state index is 14.5. The lowest BCUT2D eigenvalue weighted by molar-refractivity contribution is 0.183. The van der Waals surface area contributed by atoms with E-state index in [1.54, 1.807) is 0 Å². The maximum absolute atomic E-state index is 14.5. The number of para-hydroxylation sites is 1. The molecule has 1 unspecified atom stereocenters. The van der Waals surface area contributed by atoms with E-state index in [1.165, 1.54) is 18.2 Å². The molecule has 2 aliphatic rings. The zero-order valence-corrected chi connectivity index (χ0v) is 25.3. The highest BCUT2D eigenvalue weighted by Gasteiger charge is 2.27. The predicted octanol–water partition coefficient (Wildman–Crippen LogP) is 5.29. The molecule has 2 saturated heterocycles. The fraction of sp³-hybridized carbons (Fsp3) is 0.406. The van der Waals surface area contributed by atoms with Gasteiger partial charge >= 0.3 is 6.01 Å². The third-order valence-corrected chi connectivity index (χ3v) is 8.64. The fourth-order valence-electron chi connectivity index (χ4n) is 6.21. The summed E-state index contributed by atoms with van der Waals surface area (Å²) in [6, 6.07) is 8.60. The molecule has 228 valence electrons. The molecule has 2 N–H and O–H groups in total. The Morgan fingerprint density at radius 3 is 2.75 bits per heavy atom. The van der Waals surface area contributed by atoms with E-state index in [1.807, 2.05) is 48.9 Å². The van der Waals surface area contributed by atoms with E-state index in [2.05, 4.69) is 53.5 Å². The summed E-state index contributed by atoms with van der Waals surface area (Å²) in [4.78, 5) is 25.8. The molecule has 12 heteroatoms. The molecule has 1 atom stereocenters. The van der Waals surface area contributed by atoms with Crippen molar-refractivity contribution in [1.29, 1.82) is 0 Å². The molecule has 0 aliphatic carbocycles. The zero-order chi connectivity index (χ0) is 30.2. The second kappa shape index (κ2) is 11.8. The Labute approximate surface area is 255 Å². The van der Waals surface area contributed by atoms with Crippen LogP contribution >= 0.6 is 0 Å². The summed E-state index contributed by atoms with van der Waals surface area (Å²) in [6.07, 6.45) is 9.19. The van der Waals surface area contributed by atoms with Crippen LogP contribution in [0.3, 0.4) is 0 Å². The van der Waals surface area contributed by atoms with E-state index in [4.69, 9.17) is 9.72 Å². The second-order valence-electron chi connectivity index (χ2n) is 11.8. The van der Waals surface area contributed by atoms with Crippen LogP contribution in [0.2, 0.25) is 0 Å². The van der Waals surface area contributed by atoms with Gasteiger partial charge in [-0.25, -0.2) is 19.3 Å². The highest BCUT2D eigenvalue weighted by Crippen LogP contribution is 2.33. The Balaban J connectivity index is 1.05. The van der Waals surface area contributed by atoms with Crippen LogP contribution < -0.4 is 15.0 Å². The first-order chi connectivity index (χ1) is 21.4. The van der Waals surface area contributed by atoms with E-state index in [9.17, 15) is 4.39 Å². The van der Waals surface area contributed by atoms with E-state index < -0.39 is 5.82 Å². The summed E-state index contributed by atoms with van der Waals surface area (Å²) < 4.78 is 22.5. The number of hydrogen-bond acceptors (Lipinski definition) is 9. The van der Waals surface area contributed by atoms with Gasteiger partial charge in [0.1, 0.15) is 6.10 Å². The number of hydrogen-bond donors (Lipinski definition) is 2. The van der Waals surface area contributed by atoms with Crippen LogP contribution in [0, 0.1) is 19.7 Å². The molecule has 2 aliphatic heterocycles. The summed E-state index contributed by atoms with van der Waals surface area (Å²) in [5.41, 5.74) is 6.23. The normalized spacial score (nSPS) is 17.5. The summed E-state index contributed by atoms with van der Waals surface area (Å²) in [5.74, 6) is 1.18. The van der Waals surface area contributed by atoms with Crippen molar-refractivity contribution in [2.45, 2.75) is 52.2 Å². The lowest BCUT2D eigenvalue weighted by Gasteiger charge is -2.28. The number of H-pyrrole nitrogens is 1. The van der Waals surface area contributed by atoms with Gasteiger partial charge in [0.25, 0.3) is 0 Å². The number of aromatic nitrogens is 7. The minimum Gasteiger partial charge on any atom is -0.459 e. The Kier molecular flexibility index (Phi) is 7.59. The Bertz CT molecular complexity index is 1770. The largest absolute Gasteiger partial charge is 0.459 e. The number of aromatic amines is 1. The molecule has 44 heavy (non-hydrogen) atoms. The number of halogens is 1. The van der Waals surface area contributed by atoms with Crippen molar-refractivity contribution in [2.75, 3.05) is 36.4 Å². The summed E-state index contributed by atoms with van der Waals surface area (Å²) >= 11 is 0. The Hall–Kier alpha value is -4.58. The van der Waals surface area contributed by atoms with Crippen molar-refractivity contribution >= 4 is 28.5 Å². The van der Waals surface area contributed by atoms with Gasteiger partial charge in [0.05, 0.1) is 17.4 Å². The molecule has 1 aromatic carbocycles. The molecule has 0 radical (unpaired) electrons. The summed E-state index contributed by atoms with van der Waals surface area (Å²) in [7, 11) is 1.91. The van der Waals surface area contributed by atoms with Crippen LogP contribution in [0.25, 0.3) is 22.2 Å². The van der Waals surface area contributed by atoms with E-state index in [0.717, 1.165) is 85.4 Å². The van der Waals surface area contributed by atoms with Gasteiger partial charge in [-0.2, -0.15) is 10.1 Å². The molecule has 2 fully saturated rings. The van der Waals surface area contributed by atoms with Gasteiger partial charge in [-0.05, 0) is 50.7 Å². The fourth-order valence-corrected chi connectivity index (χ4v) is 6.21. The van der Waals surface area contributed by atoms with Gasteiger partial charge in [-0.1, -0.05) is 18.2 Å². The molecule has 6 heterocycles.